The van der Waals surface area contributed by atoms with Gasteiger partial charge in [0.15, 0.2) is 0 Å². The fourth-order valence-electron chi connectivity index (χ4n) is 3.37. The minimum Gasteiger partial charge on any atom is -0.357 e. The van der Waals surface area contributed by atoms with Gasteiger partial charge in [0.05, 0.1) is 5.92 Å². The van der Waals surface area contributed by atoms with E-state index in [-0.39, 0.29) is 17.7 Å². The monoisotopic (exact) mass is 315 g/mol. The summed E-state index contributed by atoms with van der Waals surface area (Å²) in [6, 6.07) is 3.81. The van der Waals surface area contributed by atoms with Crippen molar-refractivity contribution in [3.8, 4) is 0 Å². The number of amides is 2. The zero-order valence-electron chi connectivity index (χ0n) is 13.0. The molecule has 0 spiro atoms. The normalized spacial score (nSPS) is 22.8. The second-order valence-corrected chi connectivity index (χ2v) is 6.28. The first-order valence-corrected chi connectivity index (χ1v) is 8.15. The van der Waals surface area contributed by atoms with E-state index in [0.29, 0.717) is 25.2 Å². The van der Waals surface area contributed by atoms with Crippen molar-refractivity contribution in [2.45, 2.75) is 38.0 Å². The highest BCUT2D eigenvalue weighted by atomic mass is 16.2. The van der Waals surface area contributed by atoms with Gasteiger partial charge in [0.1, 0.15) is 12.1 Å². The van der Waals surface area contributed by atoms with E-state index in [1.807, 2.05) is 12.1 Å². The molecule has 2 aliphatic heterocycles. The first kappa shape index (κ1) is 15.6. The molecule has 23 heavy (non-hydrogen) atoms. The van der Waals surface area contributed by atoms with Crippen molar-refractivity contribution in [2.24, 2.45) is 5.92 Å². The largest absolute Gasteiger partial charge is 0.357 e. The molecule has 0 saturated carbocycles. The first-order chi connectivity index (χ1) is 11.2. The number of rotatable bonds is 4. The van der Waals surface area contributed by atoms with Crippen LogP contribution in [0.5, 0.6) is 0 Å². The Bertz CT molecular complexity index is 609. The number of carbonyl (C=O) groups is 3. The highest BCUT2D eigenvalue weighted by Crippen LogP contribution is 2.28. The second kappa shape index (κ2) is 6.89. The summed E-state index contributed by atoms with van der Waals surface area (Å²) < 4.78 is 0. The number of anilines is 1. The molecular formula is C17H21N3O3. The third-order valence-electron chi connectivity index (χ3n) is 4.78. The average Bonchev–Trinajstić information content (AvgIpc) is 2.56. The van der Waals surface area contributed by atoms with Crippen LogP contribution < -0.4 is 10.2 Å². The number of aromatic nitrogens is 1. The van der Waals surface area contributed by atoms with Gasteiger partial charge in [0.25, 0.3) is 0 Å². The molecule has 1 aromatic heterocycles. The Morgan fingerprint density at radius 3 is 2.74 bits per heavy atom. The van der Waals surface area contributed by atoms with Crippen molar-refractivity contribution in [3.05, 3.63) is 23.9 Å². The molecule has 3 rings (SSSR count). The summed E-state index contributed by atoms with van der Waals surface area (Å²) >= 11 is 0. The SMILES string of the molecule is O=CCC1CCN(c2cc(C3CCC(=O)NC3=O)ccn2)CC1. The zero-order valence-corrected chi connectivity index (χ0v) is 13.0. The van der Waals surface area contributed by atoms with E-state index in [4.69, 9.17) is 0 Å². The summed E-state index contributed by atoms with van der Waals surface area (Å²) in [4.78, 5) is 40.5. The molecule has 0 aromatic carbocycles. The topological polar surface area (TPSA) is 79.4 Å². The number of aldehydes is 1. The Kier molecular flexibility index (Phi) is 4.69. The molecule has 2 aliphatic rings. The molecule has 2 fully saturated rings. The lowest BCUT2D eigenvalue weighted by atomic mass is 9.90. The van der Waals surface area contributed by atoms with Crippen LogP contribution >= 0.6 is 0 Å². The van der Waals surface area contributed by atoms with Crippen LogP contribution in [-0.4, -0.2) is 36.2 Å². The smallest absolute Gasteiger partial charge is 0.234 e. The lowest BCUT2D eigenvalue weighted by Gasteiger charge is -2.32. The summed E-state index contributed by atoms with van der Waals surface area (Å²) in [5.41, 5.74) is 0.912. The van der Waals surface area contributed by atoms with Crippen LogP contribution in [0.15, 0.2) is 18.3 Å². The fourth-order valence-corrected chi connectivity index (χ4v) is 3.37. The van der Waals surface area contributed by atoms with E-state index in [9.17, 15) is 14.4 Å². The number of nitrogens with zero attached hydrogens (tertiary/aromatic N) is 2. The predicted molar refractivity (Wildman–Crippen MR) is 85.0 cm³/mol. The van der Waals surface area contributed by atoms with Crippen molar-refractivity contribution in [1.29, 1.82) is 0 Å². The van der Waals surface area contributed by atoms with Gasteiger partial charge in [0, 0.05) is 32.1 Å². The molecule has 2 saturated heterocycles. The third kappa shape index (κ3) is 3.57. The molecule has 0 radical (unpaired) electrons. The first-order valence-electron chi connectivity index (χ1n) is 8.15. The van der Waals surface area contributed by atoms with Gasteiger partial charge in [-0.3, -0.25) is 14.9 Å². The third-order valence-corrected chi connectivity index (χ3v) is 4.78. The van der Waals surface area contributed by atoms with E-state index in [0.717, 1.165) is 43.6 Å². The van der Waals surface area contributed by atoms with E-state index in [1.165, 1.54) is 0 Å². The number of imide groups is 1. The molecular weight excluding hydrogens is 294 g/mol. The Morgan fingerprint density at radius 1 is 1.26 bits per heavy atom. The summed E-state index contributed by atoms with van der Waals surface area (Å²) in [6.45, 7) is 1.76. The van der Waals surface area contributed by atoms with Crippen LogP contribution in [0, 0.1) is 5.92 Å². The summed E-state index contributed by atoms with van der Waals surface area (Å²) in [7, 11) is 0. The van der Waals surface area contributed by atoms with E-state index >= 15 is 0 Å². The van der Waals surface area contributed by atoms with Crippen LogP contribution in [0.4, 0.5) is 5.82 Å². The van der Waals surface area contributed by atoms with Crippen molar-refractivity contribution in [2.75, 3.05) is 18.0 Å². The van der Waals surface area contributed by atoms with Crippen LogP contribution in [-0.2, 0) is 14.4 Å². The second-order valence-electron chi connectivity index (χ2n) is 6.28. The summed E-state index contributed by atoms with van der Waals surface area (Å²) in [5.74, 6) is 0.654. The van der Waals surface area contributed by atoms with Gasteiger partial charge in [-0.25, -0.2) is 4.98 Å². The van der Waals surface area contributed by atoms with Gasteiger partial charge in [-0.15, -0.1) is 0 Å². The standard InChI is InChI=1S/C17H21N3O3/c21-10-6-12-4-8-20(9-5-12)15-11-13(3-7-18-15)14-1-2-16(22)19-17(14)23/h3,7,10-12,14H,1-2,4-6,8-9H2,(H,19,22,23). The van der Waals surface area contributed by atoms with Gasteiger partial charge in [-0.1, -0.05) is 0 Å². The lowest BCUT2D eigenvalue weighted by molar-refractivity contribution is -0.134. The van der Waals surface area contributed by atoms with Gasteiger partial charge in [-0.2, -0.15) is 0 Å². The van der Waals surface area contributed by atoms with Crippen LogP contribution in [0.25, 0.3) is 0 Å². The molecule has 1 aromatic rings. The zero-order chi connectivity index (χ0) is 16.2. The van der Waals surface area contributed by atoms with Gasteiger partial charge >= 0.3 is 0 Å². The van der Waals surface area contributed by atoms with Gasteiger partial charge < -0.3 is 9.69 Å². The number of hydrogen-bond donors (Lipinski definition) is 1. The number of carbonyl (C=O) groups excluding carboxylic acids is 3. The van der Waals surface area contributed by atoms with E-state index < -0.39 is 0 Å². The molecule has 6 nitrogen and oxygen atoms in total. The quantitative estimate of drug-likeness (QED) is 0.671. The molecule has 122 valence electrons. The highest BCUT2D eigenvalue weighted by Gasteiger charge is 2.28. The Morgan fingerprint density at radius 2 is 2.04 bits per heavy atom. The Labute approximate surface area is 135 Å². The maximum atomic E-state index is 12.0. The fraction of sp³-hybridized carbons (Fsp3) is 0.529. The molecule has 2 amide bonds. The highest BCUT2D eigenvalue weighted by molar-refractivity contribution is 6.00. The van der Waals surface area contributed by atoms with Crippen molar-refractivity contribution in [3.63, 3.8) is 0 Å². The number of nitrogens with one attached hydrogen (secondary N) is 1. The number of hydrogen-bond acceptors (Lipinski definition) is 5. The van der Waals surface area contributed by atoms with Gasteiger partial charge in [0.2, 0.25) is 11.8 Å². The van der Waals surface area contributed by atoms with Crippen molar-refractivity contribution in [1.82, 2.24) is 10.3 Å². The lowest BCUT2D eigenvalue weighted by Crippen LogP contribution is -2.39. The molecule has 6 heteroatoms. The molecule has 3 heterocycles. The molecule has 1 atom stereocenters. The minimum absolute atomic E-state index is 0.197. The van der Waals surface area contributed by atoms with Gasteiger partial charge in [-0.05, 0) is 42.9 Å². The molecule has 1 N–H and O–H groups in total. The summed E-state index contributed by atoms with van der Waals surface area (Å²) in [5, 5.41) is 2.40. The average molecular weight is 315 g/mol. The van der Waals surface area contributed by atoms with Crippen molar-refractivity contribution < 1.29 is 14.4 Å². The van der Waals surface area contributed by atoms with Crippen LogP contribution in [0.3, 0.4) is 0 Å². The number of pyridine rings is 1. The molecule has 0 bridgehead atoms. The molecule has 0 aliphatic carbocycles. The number of piperidine rings is 2. The summed E-state index contributed by atoms with van der Waals surface area (Å²) in [6.07, 6.45) is 6.28. The maximum Gasteiger partial charge on any atom is 0.234 e. The molecule has 1 unspecified atom stereocenters. The van der Waals surface area contributed by atoms with Crippen LogP contribution in [0.1, 0.15) is 43.6 Å². The van der Waals surface area contributed by atoms with Crippen molar-refractivity contribution >= 4 is 23.9 Å². The minimum atomic E-state index is -0.276. The van der Waals surface area contributed by atoms with E-state index in [2.05, 4.69) is 15.2 Å². The predicted octanol–water partition coefficient (Wildman–Crippen LogP) is 1.41. The maximum absolute atomic E-state index is 12.0. The Hall–Kier alpha value is -2.24. The van der Waals surface area contributed by atoms with E-state index in [1.54, 1.807) is 6.20 Å². The Balaban J connectivity index is 1.69. The van der Waals surface area contributed by atoms with Crippen LogP contribution in [0.2, 0.25) is 0 Å².